The Morgan fingerprint density at radius 2 is 2.07 bits per heavy atom. The smallest absolute Gasteiger partial charge is 0.135 e. The number of nitrogens with one attached hydrogen (secondary N) is 2. The zero-order valence-corrected chi connectivity index (χ0v) is 12.4. The molecule has 1 atom stereocenters. The maximum absolute atomic E-state index is 5.82. The summed E-state index contributed by atoms with van der Waals surface area (Å²) in [6.45, 7) is 6.53. The molecule has 88 valence electrons. The number of thioether (sulfide) groups is 1. The normalized spacial score (nSPS) is 13.1. The number of hydrogen-bond acceptors (Lipinski definition) is 4. The zero-order chi connectivity index (χ0) is 12.1. The number of nitrogens with two attached hydrogens (primary N) is 1. The van der Waals surface area contributed by atoms with E-state index in [1.807, 2.05) is 20.8 Å². The second kappa shape index (κ2) is 6.90. The highest BCUT2D eigenvalue weighted by atomic mass is 32.2. The van der Waals surface area contributed by atoms with Crippen LogP contribution in [0.1, 0.15) is 20.8 Å². The molecule has 0 amide bonds. The quantitative estimate of drug-likeness (QED) is 0.356. The Bertz CT molecular complexity index is 237. The lowest BCUT2D eigenvalue weighted by Gasteiger charge is -2.21. The average Bonchev–Trinajstić information content (AvgIpc) is 1.96. The molecule has 0 rings (SSSR count). The maximum atomic E-state index is 5.82. The van der Waals surface area contributed by atoms with Gasteiger partial charge in [-0.15, -0.1) is 12.6 Å². The van der Waals surface area contributed by atoms with Crippen LogP contribution in [0.15, 0.2) is 0 Å². The van der Waals surface area contributed by atoms with Gasteiger partial charge in [0.25, 0.3) is 0 Å². The molecule has 0 bridgehead atoms. The van der Waals surface area contributed by atoms with Crippen molar-refractivity contribution in [2.75, 3.05) is 6.54 Å². The van der Waals surface area contributed by atoms with E-state index < -0.39 is 0 Å². The molecule has 3 nitrogen and oxygen atoms in total. The monoisotopic (exact) mass is 283 g/mol. The molecule has 0 spiro atoms. The molecule has 4 N–H and O–H groups in total. The summed E-state index contributed by atoms with van der Waals surface area (Å²) in [5.74, 6) is 0. The van der Waals surface area contributed by atoms with Crippen LogP contribution in [0.5, 0.6) is 0 Å². The molecule has 0 aliphatic heterocycles. The third kappa shape index (κ3) is 10.7. The van der Waals surface area contributed by atoms with Crippen molar-refractivity contribution in [1.82, 2.24) is 10.6 Å². The van der Waals surface area contributed by atoms with Gasteiger partial charge < -0.3 is 16.4 Å². The molecule has 0 aromatic heterocycles. The van der Waals surface area contributed by atoms with Crippen LogP contribution < -0.4 is 16.4 Å². The molecule has 15 heavy (non-hydrogen) atoms. The van der Waals surface area contributed by atoms with Crippen molar-refractivity contribution in [3.05, 3.63) is 0 Å². The van der Waals surface area contributed by atoms with Gasteiger partial charge in [-0.25, -0.2) is 0 Å². The minimum atomic E-state index is -0.351. The maximum Gasteiger partial charge on any atom is 0.135 e. The topological polar surface area (TPSA) is 50.1 Å². The molecule has 7 heteroatoms. The number of hydrogen-bond donors (Lipinski definition) is 4. The van der Waals surface area contributed by atoms with Gasteiger partial charge in [0.05, 0.1) is 4.87 Å². The summed E-state index contributed by atoms with van der Waals surface area (Å²) in [6.07, 6.45) is 0. The fraction of sp³-hybridized carbons (Fsp3) is 0.750. The first kappa shape index (κ1) is 15.4. The fourth-order valence-corrected chi connectivity index (χ4v) is 2.52. The molecule has 1 unspecified atom stereocenters. The van der Waals surface area contributed by atoms with Crippen molar-refractivity contribution >= 4 is 57.5 Å². The summed E-state index contributed by atoms with van der Waals surface area (Å²) >= 11 is 15.3. The van der Waals surface area contributed by atoms with Gasteiger partial charge in [-0.2, -0.15) is 0 Å². The first-order valence-corrected chi connectivity index (χ1v) is 6.54. The Hall–Kier alpha value is 0.440. The summed E-state index contributed by atoms with van der Waals surface area (Å²) < 4.78 is 1.18. The molecule has 0 heterocycles. The number of thiocarbonyl (C=S) groups is 2. The molecular weight excluding hydrogens is 266 g/mol. The Kier molecular flexibility index (Phi) is 7.10. The summed E-state index contributed by atoms with van der Waals surface area (Å²) in [5, 5.41) is 6.10. The van der Waals surface area contributed by atoms with Gasteiger partial charge >= 0.3 is 0 Å². The Balaban J connectivity index is 3.81. The molecule has 0 saturated carbocycles. The van der Waals surface area contributed by atoms with Gasteiger partial charge in [-0.1, -0.05) is 36.2 Å². The van der Waals surface area contributed by atoms with Crippen molar-refractivity contribution in [3.8, 4) is 0 Å². The van der Waals surface area contributed by atoms with Crippen LogP contribution in [0.25, 0.3) is 0 Å². The molecule has 0 saturated heterocycles. The number of rotatable bonds is 4. The van der Waals surface area contributed by atoms with E-state index in [0.717, 1.165) is 0 Å². The fourth-order valence-electron chi connectivity index (χ4n) is 0.761. The lowest BCUT2D eigenvalue weighted by Crippen LogP contribution is -2.41. The second-order valence-corrected chi connectivity index (χ2v) is 7.21. The zero-order valence-electron chi connectivity index (χ0n) is 9.03. The predicted molar refractivity (Wildman–Crippen MR) is 80.6 cm³/mol. The standard InChI is InChI=1S/C8H17N3S4/c1-5(4-10-6(12)13)11-7(14)15-8(2,3)9/h5H,4,9H2,1-3H3,(H,11,14)(H2,10,12,13). The highest BCUT2D eigenvalue weighted by molar-refractivity contribution is 8.23. The van der Waals surface area contributed by atoms with E-state index in [1.54, 1.807) is 0 Å². The van der Waals surface area contributed by atoms with Crippen molar-refractivity contribution in [1.29, 1.82) is 0 Å². The summed E-state index contributed by atoms with van der Waals surface area (Å²) in [4.78, 5) is -0.351. The van der Waals surface area contributed by atoms with Gasteiger partial charge in [-0.3, -0.25) is 0 Å². The van der Waals surface area contributed by atoms with E-state index >= 15 is 0 Å². The number of thiol groups is 1. The van der Waals surface area contributed by atoms with Crippen LogP contribution in [0.3, 0.4) is 0 Å². The van der Waals surface area contributed by atoms with Crippen molar-refractivity contribution < 1.29 is 0 Å². The lowest BCUT2D eigenvalue weighted by molar-refractivity contribution is 0.652. The van der Waals surface area contributed by atoms with Gasteiger partial charge in [0.1, 0.15) is 8.64 Å². The van der Waals surface area contributed by atoms with Crippen LogP contribution in [0.2, 0.25) is 0 Å². The molecular formula is C8H17N3S4. The Labute approximate surface area is 112 Å². The second-order valence-electron chi connectivity index (χ2n) is 3.72. The van der Waals surface area contributed by atoms with E-state index in [4.69, 9.17) is 30.2 Å². The van der Waals surface area contributed by atoms with Gasteiger partial charge in [0.15, 0.2) is 0 Å². The van der Waals surface area contributed by atoms with Crippen LogP contribution in [0.4, 0.5) is 0 Å². The predicted octanol–water partition coefficient (Wildman–Crippen LogP) is 1.48. The van der Waals surface area contributed by atoms with Gasteiger partial charge in [0, 0.05) is 12.6 Å². The molecule has 0 aliphatic rings. The third-order valence-electron chi connectivity index (χ3n) is 1.28. The van der Waals surface area contributed by atoms with Crippen molar-refractivity contribution in [2.24, 2.45) is 5.73 Å². The lowest BCUT2D eigenvalue weighted by atomic mass is 10.3. The molecule has 0 aromatic rings. The molecule has 0 radical (unpaired) electrons. The summed E-state index contributed by atoms with van der Waals surface area (Å²) in [5.41, 5.74) is 5.82. The van der Waals surface area contributed by atoms with Crippen LogP contribution in [-0.4, -0.2) is 26.1 Å². The minimum Gasteiger partial charge on any atom is -0.369 e. The Morgan fingerprint density at radius 1 is 1.53 bits per heavy atom. The molecule has 0 fully saturated rings. The first-order chi connectivity index (χ1) is 6.70. The van der Waals surface area contributed by atoms with Crippen LogP contribution in [-0.2, 0) is 0 Å². The molecule has 0 aromatic carbocycles. The molecule has 0 aliphatic carbocycles. The van der Waals surface area contributed by atoms with Crippen molar-refractivity contribution in [3.63, 3.8) is 0 Å². The van der Waals surface area contributed by atoms with Gasteiger partial charge in [-0.05, 0) is 20.8 Å². The van der Waals surface area contributed by atoms with Crippen LogP contribution >= 0.6 is 48.8 Å². The average molecular weight is 284 g/mol. The van der Waals surface area contributed by atoms with E-state index in [9.17, 15) is 0 Å². The van der Waals surface area contributed by atoms with E-state index in [0.29, 0.717) is 15.2 Å². The third-order valence-corrected chi connectivity index (χ3v) is 2.78. The Morgan fingerprint density at radius 3 is 2.47 bits per heavy atom. The minimum absolute atomic E-state index is 0.192. The van der Waals surface area contributed by atoms with Crippen molar-refractivity contribution in [2.45, 2.75) is 31.7 Å². The first-order valence-electron chi connectivity index (χ1n) is 4.46. The van der Waals surface area contributed by atoms with Crippen LogP contribution in [0, 0.1) is 0 Å². The highest BCUT2D eigenvalue weighted by Crippen LogP contribution is 2.18. The van der Waals surface area contributed by atoms with Gasteiger partial charge in [0.2, 0.25) is 0 Å². The largest absolute Gasteiger partial charge is 0.369 e. The summed E-state index contributed by atoms with van der Waals surface area (Å²) in [6, 6.07) is 0.192. The van der Waals surface area contributed by atoms with E-state index in [-0.39, 0.29) is 10.9 Å². The SMILES string of the molecule is CC(CNC(=S)S)NC(=S)SC(C)(C)N. The van der Waals surface area contributed by atoms with E-state index in [2.05, 4.69) is 23.3 Å². The highest BCUT2D eigenvalue weighted by Gasteiger charge is 2.15. The van der Waals surface area contributed by atoms with E-state index in [1.165, 1.54) is 11.8 Å². The summed E-state index contributed by atoms with van der Waals surface area (Å²) in [7, 11) is 0.